The molecule has 0 bridgehead atoms. The van der Waals surface area contributed by atoms with E-state index in [9.17, 15) is 19.5 Å². The highest BCUT2D eigenvalue weighted by molar-refractivity contribution is 5.99. The first-order valence-corrected chi connectivity index (χ1v) is 16.9. The first kappa shape index (κ1) is 34.8. The van der Waals surface area contributed by atoms with Crippen molar-refractivity contribution in [2.24, 2.45) is 5.73 Å². The number of H-pyrrole nitrogens is 2. The summed E-state index contributed by atoms with van der Waals surface area (Å²) in [5.41, 5.74) is 11.9. The third-order valence-electron chi connectivity index (χ3n) is 8.94. The van der Waals surface area contributed by atoms with Gasteiger partial charge in [-0.1, -0.05) is 48.5 Å². The molecule has 2 heterocycles. The number of benzene rings is 4. The minimum atomic E-state index is -0.940. The van der Waals surface area contributed by atoms with Crippen LogP contribution in [0.15, 0.2) is 103 Å². The van der Waals surface area contributed by atoms with Crippen LogP contribution in [-0.4, -0.2) is 58.7 Å². The zero-order valence-electron chi connectivity index (χ0n) is 28.3. The molecule has 0 spiro atoms. The van der Waals surface area contributed by atoms with E-state index in [4.69, 9.17) is 15.2 Å². The van der Waals surface area contributed by atoms with Gasteiger partial charge in [0.2, 0.25) is 5.91 Å². The van der Waals surface area contributed by atoms with E-state index >= 15 is 0 Å². The average molecular weight is 688 g/mol. The number of hydrogen-bond acceptors (Lipinski definition) is 6. The average Bonchev–Trinajstić information content (AvgIpc) is 3.75. The molecule has 51 heavy (non-hydrogen) atoms. The Hall–Kier alpha value is -6.07. The summed E-state index contributed by atoms with van der Waals surface area (Å²) in [7, 11) is 1.59. The zero-order valence-corrected chi connectivity index (χ0v) is 28.3. The quantitative estimate of drug-likeness (QED) is 0.0725. The van der Waals surface area contributed by atoms with Gasteiger partial charge in [-0.05, 0) is 78.4 Å². The number of aromatic amines is 2. The monoisotopic (exact) mass is 687 g/mol. The number of aliphatic carboxylic acids is 1. The second-order valence-corrected chi connectivity index (χ2v) is 12.5. The van der Waals surface area contributed by atoms with Crippen LogP contribution in [0.5, 0.6) is 11.5 Å². The maximum absolute atomic E-state index is 13.7. The van der Waals surface area contributed by atoms with Crippen molar-refractivity contribution in [3.8, 4) is 11.5 Å². The molecule has 11 nitrogen and oxygen atoms in total. The van der Waals surface area contributed by atoms with E-state index in [0.717, 1.165) is 38.5 Å². The first-order valence-electron chi connectivity index (χ1n) is 16.9. The standard InChI is InChI=1S/C40H41N5O6/c1-50-30-14-10-25(11-15-30)20-33(41)40(49)45-36-16-12-26(22-37(36)51-19-18-27-23-42-34-8-4-2-6-31(27)34)39(48)44-29(13-17-38(46)47)21-28-24-43-35-9-5-3-7-32(28)35/h2-12,14-16,22-24,29,33,42-43H,13,17-21,41H2,1H3,(H,44,48)(H,45,49)(H,46,47)/t29-,33+/m1/s1. The number of aromatic nitrogens is 2. The predicted molar refractivity (Wildman–Crippen MR) is 197 cm³/mol. The SMILES string of the molecule is COc1ccc(C[C@H](N)C(=O)Nc2ccc(C(=O)N[C@H](CCC(=O)O)Cc3c[nH]c4ccccc34)cc2OCCc2c[nH]c3ccccc23)cc1. The maximum atomic E-state index is 13.7. The Kier molecular flexibility index (Phi) is 11.0. The number of methoxy groups -OCH3 is 1. The number of fused-ring (bicyclic) bond motifs is 2. The van der Waals surface area contributed by atoms with Crippen LogP contribution < -0.4 is 25.8 Å². The fourth-order valence-electron chi connectivity index (χ4n) is 6.19. The summed E-state index contributed by atoms with van der Waals surface area (Å²) in [6, 6.07) is 26.7. The fraction of sp³-hybridized carbons (Fsp3) is 0.225. The van der Waals surface area contributed by atoms with Gasteiger partial charge in [0.05, 0.1) is 25.4 Å². The normalized spacial score (nSPS) is 12.4. The van der Waals surface area contributed by atoms with Crippen LogP contribution in [0.3, 0.4) is 0 Å². The maximum Gasteiger partial charge on any atom is 0.303 e. The summed E-state index contributed by atoms with van der Waals surface area (Å²) >= 11 is 0. The molecule has 0 unspecified atom stereocenters. The van der Waals surface area contributed by atoms with Gasteiger partial charge in [-0.2, -0.15) is 0 Å². The number of carbonyl (C=O) groups is 3. The fourth-order valence-corrected chi connectivity index (χ4v) is 6.19. The van der Waals surface area contributed by atoms with E-state index in [0.29, 0.717) is 42.0 Å². The van der Waals surface area contributed by atoms with Gasteiger partial charge in [-0.3, -0.25) is 14.4 Å². The molecule has 6 aromatic rings. The van der Waals surface area contributed by atoms with Crippen LogP contribution in [0.4, 0.5) is 5.69 Å². The van der Waals surface area contributed by atoms with Gasteiger partial charge in [0.1, 0.15) is 11.5 Å². The number of rotatable bonds is 16. The van der Waals surface area contributed by atoms with Crippen molar-refractivity contribution in [2.75, 3.05) is 19.0 Å². The van der Waals surface area contributed by atoms with E-state index < -0.39 is 24.0 Å². The number of carboxylic acids is 1. The number of nitrogens with two attached hydrogens (primary N) is 1. The molecule has 0 aliphatic carbocycles. The van der Waals surface area contributed by atoms with Crippen molar-refractivity contribution in [1.82, 2.24) is 15.3 Å². The molecule has 4 aromatic carbocycles. The molecular weight excluding hydrogens is 646 g/mol. The molecule has 6 rings (SSSR count). The van der Waals surface area contributed by atoms with Crippen LogP contribution >= 0.6 is 0 Å². The second kappa shape index (κ2) is 16.1. The number of amides is 2. The van der Waals surface area contributed by atoms with Crippen molar-refractivity contribution in [3.63, 3.8) is 0 Å². The molecule has 0 aliphatic rings. The largest absolute Gasteiger partial charge is 0.497 e. The number of carboxylic acid groups (broad SMARTS) is 1. The highest BCUT2D eigenvalue weighted by Crippen LogP contribution is 2.28. The molecule has 262 valence electrons. The lowest BCUT2D eigenvalue weighted by Gasteiger charge is -2.20. The Morgan fingerprint density at radius 2 is 1.51 bits per heavy atom. The van der Waals surface area contributed by atoms with Crippen molar-refractivity contribution in [3.05, 3.63) is 126 Å². The Balaban J connectivity index is 1.20. The van der Waals surface area contributed by atoms with Gasteiger partial charge in [-0.15, -0.1) is 0 Å². The molecule has 0 fully saturated rings. The molecule has 0 radical (unpaired) electrons. The minimum Gasteiger partial charge on any atom is -0.497 e. The number of ether oxygens (including phenoxy) is 2. The summed E-state index contributed by atoms with van der Waals surface area (Å²) < 4.78 is 11.5. The van der Waals surface area contributed by atoms with Gasteiger partial charge >= 0.3 is 5.97 Å². The Labute approximate surface area is 295 Å². The number of nitrogens with one attached hydrogen (secondary N) is 4. The molecular formula is C40H41N5O6. The molecule has 11 heteroatoms. The Bertz CT molecular complexity index is 2140. The molecule has 2 aromatic heterocycles. The van der Waals surface area contributed by atoms with Crippen molar-refractivity contribution in [2.45, 2.75) is 44.2 Å². The first-order chi connectivity index (χ1) is 24.8. The van der Waals surface area contributed by atoms with Gasteiger partial charge in [0, 0.05) is 58.6 Å². The predicted octanol–water partition coefficient (Wildman–Crippen LogP) is 5.99. The van der Waals surface area contributed by atoms with E-state index in [1.807, 2.05) is 85.2 Å². The number of anilines is 1. The summed E-state index contributed by atoms with van der Waals surface area (Å²) in [4.78, 5) is 45.0. The minimum absolute atomic E-state index is 0.0999. The number of hydrogen-bond donors (Lipinski definition) is 6. The lowest BCUT2D eigenvalue weighted by Crippen LogP contribution is -2.38. The van der Waals surface area contributed by atoms with Crippen LogP contribution in [-0.2, 0) is 28.9 Å². The van der Waals surface area contributed by atoms with E-state index in [2.05, 4.69) is 20.6 Å². The van der Waals surface area contributed by atoms with Gasteiger partial charge in [0.15, 0.2) is 0 Å². The summed E-state index contributed by atoms with van der Waals surface area (Å²) in [5, 5.41) is 17.5. The number of para-hydroxylation sites is 2. The van der Waals surface area contributed by atoms with Crippen LogP contribution in [0, 0.1) is 0 Å². The second-order valence-electron chi connectivity index (χ2n) is 12.5. The molecule has 7 N–H and O–H groups in total. The van der Waals surface area contributed by atoms with E-state index in [-0.39, 0.29) is 25.4 Å². The third kappa shape index (κ3) is 8.75. The van der Waals surface area contributed by atoms with Crippen molar-refractivity contribution >= 4 is 45.3 Å². The molecule has 0 aliphatic heterocycles. The van der Waals surface area contributed by atoms with Crippen molar-refractivity contribution in [1.29, 1.82) is 0 Å². The molecule has 2 atom stereocenters. The van der Waals surface area contributed by atoms with Crippen LogP contribution in [0.25, 0.3) is 21.8 Å². The molecule has 0 saturated carbocycles. The lowest BCUT2D eigenvalue weighted by atomic mass is 10.0. The van der Waals surface area contributed by atoms with Gasteiger partial charge < -0.3 is 40.9 Å². The lowest BCUT2D eigenvalue weighted by molar-refractivity contribution is -0.137. The topological polar surface area (TPSA) is 172 Å². The van der Waals surface area contributed by atoms with E-state index in [1.165, 1.54) is 0 Å². The Morgan fingerprint density at radius 3 is 2.20 bits per heavy atom. The summed E-state index contributed by atoms with van der Waals surface area (Å²) in [6.45, 7) is 0.273. The highest BCUT2D eigenvalue weighted by atomic mass is 16.5. The molecule has 2 amide bonds. The highest BCUT2D eigenvalue weighted by Gasteiger charge is 2.21. The third-order valence-corrected chi connectivity index (χ3v) is 8.94. The summed E-state index contributed by atoms with van der Waals surface area (Å²) in [6.07, 6.45) is 5.31. The van der Waals surface area contributed by atoms with Crippen LogP contribution in [0.2, 0.25) is 0 Å². The van der Waals surface area contributed by atoms with Crippen LogP contribution in [0.1, 0.15) is 39.9 Å². The van der Waals surface area contributed by atoms with Gasteiger partial charge in [0.25, 0.3) is 5.91 Å². The molecule has 0 saturated heterocycles. The summed E-state index contributed by atoms with van der Waals surface area (Å²) in [5.74, 6) is -0.713. The zero-order chi connectivity index (χ0) is 35.7. The van der Waals surface area contributed by atoms with Crippen molar-refractivity contribution < 1.29 is 29.0 Å². The van der Waals surface area contributed by atoms with Gasteiger partial charge in [-0.25, -0.2) is 0 Å². The van der Waals surface area contributed by atoms with E-state index in [1.54, 1.807) is 25.3 Å². The smallest absolute Gasteiger partial charge is 0.303 e. The number of carbonyl (C=O) groups excluding carboxylic acids is 2. The Morgan fingerprint density at radius 1 is 0.843 bits per heavy atom.